The highest BCUT2D eigenvalue weighted by Gasteiger charge is 2.40. The van der Waals surface area contributed by atoms with E-state index in [1.807, 2.05) is 7.11 Å². The summed E-state index contributed by atoms with van der Waals surface area (Å²) < 4.78 is 5.39. The van der Waals surface area contributed by atoms with Gasteiger partial charge in [-0.15, -0.1) is 0 Å². The van der Waals surface area contributed by atoms with Crippen molar-refractivity contribution in [1.29, 1.82) is 0 Å². The molecule has 1 aliphatic rings. The van der Waals surface area contributed by atoms with Crippen molar-refractivity contribution in [3.05, 3.63) is 0 Å². The molecule has 1 fully saturated rings. The summed E-state index contributed by atoms with van der Waals surface area (Å²) in [6, 6.07) is 0. The second kappa shape index (κ2) is 4.43. The molecule has 1 rings (SSSR count). The van der Waals surface area contributed by atoms with Crippen LogP contribution in [0.5, 0.6) is 0 Å². The van der Waals surface area contributed by atoms with E-state index in [9.17, 15) is 0 Å². The van der Waals surface area contributed by atoms with Gasteiger partial charge in [0.25, 0.3) is 0 Å². The molecule has 0 saturated carbocycles. The molecule has 1 heterocycles. The van der Waals surface area contributed by atoms with Gasteiger partial charge in [0.15, 0.2) is 0 Å². The normalized spacial score (nSPS) is 35.3. The molecule has 0 bridgehead atoms. The van der Waals surface area contributed by atoms with Gasteiger partial charge in [0.1, 0.15) is 0 Å². The zero-order valence-electron chi connectivity index (χ0n) is 9.39. The van der Waals surface area contributed by atoms with Gasteiger partial charge in [0.05, 0.1) is 6.61 Å². The molecule has 0 aromatic carbocycles. The van der Waals surface area contributed by atoms with Gasteiger partial charge < -0.3 is 10.1 Å². The van der Waals surface area contributed by atoms with Crippen LogP contribution in [0.1, 0.15) is 27.2 Å². The zero-order valence-corrected chi connectivity index (χ0v) is 9.39. The van der Waals surface area contributed by atoms with E-state index in [0.717, 1.165) is 25.6 Å². The Labute approximate surface area is 82.0 Å². The fraction of sp³-hybridized carbons (Fsp3) is 1.00. The molecule has 1 saturated heterocycles. The first-order chi connectivity index (χ1) is 6.13. The Morgan fingerprint density at radius 2 is 2.23 bits per heavy atom. The van der Waals surface area contributed by atoms with Crippen LogP contribution in [0.15, 0.2) is 0 Å². The minimum Gasteiger partial charge on any atom is -0.384 e. The maximum atomic E-state index is 5.39. The van der Waals surface area contributed by atoms with E-state index in [4.69, 9.17) is 4.74 Å². The van der Waals surface area contributed by atoms with E-state index in [0.29, 0.717) is 11.3 Å². The summed E-state index contributed by atoms with van der Waals surface area (Å²) in [6.45, 7) is 10.2. The van der Waals surface area contributed by atoms with E-state index >= 15 is 0 Å². The average Bonchev–Trinajstić information content (AvgIpc) is 2.09. The first kappa shape index (κ1) is 11.0. The smallest absolute Gasteiger partial charge is 0.0524 e. The highest BCUT2D eigenvalue weighted by atomic mass is 16.5. The van der Waals surface area contributed by atoms with E-state index in [1.54, 1.807) is 0 Å². The number of piperidine rings is 1. The third kappa shape index (κ3) is 2.05. The molecular formula is C11H23NO. The Bertz CT molecular complexity index is 154. The SMILES string of the molecule is COCC1(C(C)C)CCNCC1C. The molecule has 0 amide bonds. The Morgan fingerprint density at radius 3 is 2.69 bits per heavy atom. The number of nitrogens with one attached hydrogen (secondary N) is 1. The fourth-order valence-electron chi connectivity index (χ4n) is 2.60. The Hall–Kier alpha value is -0.0800. The van der Waals surface area contributed by atoms with Crippen LogP contribution >= 0.6 is 0 Å². The van der Waals surface area contributed by atoms with E-state index in [2.05, 4.69) is 26.1 Å². The zero-order chi connectivity index (χ0) is 9.90. The molecule has 0 aromatic heterocycles. The predicted molar refractivity (Wildman–Crippen MR) is 55.8 cm³/mol. The molecule has 0 spiro atoms. The highest BCUT2D eigenvalue weighted by molar-refractivity contribution is 4.91. The minimum absolute atomic E-state index is 0.403. The summed E-state index contributed by atoms with van der Waals surface area (Å²) in [5, 5.41) is 3.45. The monoisotopic (exact) mass is 185 g/mol. The Kier molecular flexibility index (Phi) is 3.74. The number of hydrogen-bond donors (Lipinski definition) is 1. The summed E-state index contributed by atoms with van der Waals surface area (Å²) in [5.74, 6) is 1.44. The Morgan fingerprint density at radius 1 is 1.54 bits per heavy atom. The third-order valence-electron chi connectivity index (χ3n) is 3.76. The summed E-state index contributed by atoms with van der Waals surface area (Å²) in [6.07, 6.45) is 1.25. The van der Waals surface area contributed by atoms with Crippen LogP contribution in [0, 0.1) is 17.3 Å². The van der Waals surface area contributed by atoms with Gasteiger partial charge in [-0.25, -0.2) is 0 Å². The van der Waals surface area contributed by atoms with E-state index in [1.165, 1.54) is 6.42 Å². The molecule has 0 aliphatic carbocycles. The van der Waals surface area contributed by atoms with Crippen molar-refractivity contribution in [1.82, 2.24) is 5.32 Å². The standard InChI is InChI=1S/C11H23NO/c1-9(2)11(8-13-4)5-6-12-7-10(11)3/h9-10,12H,5-8H2,1-4H3. The molecule has 78 valence electrons. The second-order valence-corrected chi connectivity index (χ2v) is 4.68. The quantitative estimate of drug-likeness (QED) is 0.725. The van der Waals surface area contributed by atoms with Crippen LogP contribution in [0.25, 0.3) is 0 Å². The molecule has 13 heavy (non-hydrogen) atoms. The molecular weight excluding hydrogens is 162 g/mol. The maximum absolute atomic E-state index is 5.39. The third-order valence-corrected chi connectivity index (χ3v) is 3.76. The second-order valence-electron chi connectivity index (χ2n) is 4.68. The van der Waals surface area contributed by atoms with Crippen LogP contribution in [0.4, 0.5) is 0 Å². The maximum Gasteiger partial charge on any atom is 0.0524 e. The molecule has 0 aromatic rings. The number of rotatable bonds is 3. The minimum atomic E-state index is 0.403. The molecule has 1 aliphatic heterocycles. The van der Waals surface area contributed by atoms with Crippen molar-refractivity contribution in [2.45, 2.75) is 27.2 Å². The van der Waals surface area contributed by atoms with Crippen molar-refractivity contribution in [2.24, 2.45) is 17.3 Å². The average molecular weight is 185 g/mol. The summed E-state index contributed by atoms with van der Waals surface area (Å²) in [4.78, 5) is 0. The first-order valence-electron chi connectivity index (χ1n) is 5.33. The van der Waals surface area contributed by atoms with Crippen LogP contribution in [0.3, 0.4) is 0 Å². The summed E-state index contributed by atoms with van der Waals surface area (Å²) in [5.41, 5.74) is 0.403. The van der Waals surface area contributed by atoms with Crippen LogP contribution < -0.4 is 5.32 Å². The number of ether oxygens (including phenoxy) is 1. The summed E-state index contributed by atoms with van der Waals surface area (Å²) in [7, 11) is 1.82. The highest BCUT2D eigenvalue weighted by Crippen LogP contribution is 2.40. The van der Waals surface area contributed by atoms with Gasteiger partial charge in [-0.05, 0) is 31.3 Å². The van der Waals surface area contributed by atoms with Crippen molar-refractivity contribution < 1.29 is 4.74 Å². The fourth-order valence-corrected chi connectivity index (χ4v) is 2.60. The van der Waals surface area contributed by atoms with Gasteiger partial charge >= 0.3 is 0 Å². The van der Waals surface area contributed by atoms with Crippen molar-refractivity contribution in [3.63, 3.8) is 0 Å². The number of methoxy groups -OCH3 is 1. The summed E-state index contributed by atoms with van der Waals surface area (Å²) >= 11 is 0. The van der Waals surface area contributed by atoms with Gasteiger partial charge in [0, 0.05) is 12.5 Å². The van der Waals surface area contributed by atoms with E-state index < -0.39 is 0 Å². The van der Waals surface area contributed by atoms with Gasteiger partial charge in [-0.1, -0.05) is 20.8 Å². The lowest BCUT2D eigenvalue weighted by Gasteiger charge is -2.45. The number of hydrogen-bond acceptors (Lipinski definition) is 2. The molecule has 2 unspecified atom stereocenters. The molecule has 2 nitrogen and oxygen atoms in total. The predicted octanol–water partition coefficient (Wildman–Crippen LogP) is 1.90. The molecule has 2 heteroatoms. The topological polar surface area (TPSA) is 21.3 Å². The lowest BCUT2D eigenvalue weighted by molar-refractivity contribution is -0.0209. The first-order valence-corrected chi connectivity index (χ1v) is 5.33. The molecule has 1 N–H and O–H groups in total. The lowest BCUT2D eigenvalue weighted by Crippen LogP contribution is -2.49. The molecule has 2 atom stereocenters. The van der Waals surface area contributed by atoms with Crippen LogP contribution in [0.2, 0.25) is 0 Å². The van der Waals surface area contributed by atoms with Crippen molar-refractivity contribution in [3.8, 4) is 0 Å². The largest absolute Gasteiger partial charge is 0.384 e. The van der Waals surface area contributed by atoms with E-state index in [-0.39, 0.29) is 0 Å². The van der Waals surface area contributed by atoms with Crippen LogP contribution in [-0.2, 0) is 4.74 Å². The Balaban J connectivity index is 2.73. The molecule has 0 radical (unpaired) electrons. The lowest BCUT2D eigenvalue weighted by atomic mass is 9.65. The van der Waals surface area contributed by atoms with Gasteiger partial charge in [0.2, 0.25) is 0 Å². The van der Waals surface area contributed by atoms with Crippen LogP contribution in [-0.4, -0.2) is 26.8 Å². The van der Waals surface area contributed by atoms with Crippen molar-refractivity contribution in [2.75, 3.05) is 26.8 Å². The van der Waals surface area contributed by atoms with Crippen molar-refractivity contribution >= 4 is 0 Å². The van der Waals surface area contributed by atoms with Gasteiger partial charge in [-0.3, -0.25) is 0 Å². The van der Waals surface area contributed by atoms with Gasteiger partial charge in [-0.2, -0.15) is 0 Å².